The lowest BCUT2D eigenvalue weighted by atomic mass is 9.82. The molecular weight excluding hydrogens is 230 g/mol. The lowest BCUT2D eigenvalue weighted by Gasteiger charge is -2.26. The second-order valence-corrected chi connectivity index (χ2v) is 5.00. The number of carboxylic acids is 1. The van der Waals surface area contributed by atoms with Gasteiger partial charge in [-0.2, -0.15) is 5.26 Å². The van der Waals surface area contributed by atoms with Crippen molar-refractivity contribution in [3.8, 4) is 6.07 Å². The van der Waals surface area contributed by atoms with Crippen LogP contribution in [0.15, 0.2) is 6.33 Å². The van der Waals surface area contributed by atoms with Gasteiger partial charge in [-0.15, -0.1) is 0 Å². The van der Waals surface area contributed by atoms with E-state index in [1.54, 1.807) is 6.33 Å². The lowest BCUT2D eigenvalue weighted by Crippen LogP contribution is -2.23. The molecule has 1 N–H and O–H groups in total. The molecule has 0 unspecified atom stereocenters. The molecule has 0 spiro atoms. The first-order chi connectivity index (χ1) is 8.61. The van der Waals surface area contributed by atoms with Crippen molar-refractivity contribution >= 4 is 5.97 Å². The predicted molar refractivity (Wildman–Crippen MR) is 64.8 cm³/mol. The molecule has 0 aromatic carbocycles. The number of aromatic nitrogens is 2. The number of aliphatic carboxylic acids is 1. The Morgan fingerprint density at radius 3 is 2.72 bits per heavy atom. The lowest BCUT2D eigenvalue weighted by molar-refractivity contribution is -0.143. The summed E-state index contributed by atoms with van der Waals surface area (Å²) in [6.07, 6.45) is 5.11. The summed E-state index contributed by atoms with van der Waals surface area (Å²) >= 11 is 0. The summed E-state index contributed by atoms with van der Waals surface area (Å²) in [5.74, 6) is -0.334. The minimum absolute atomic E-state index is 0.167. The Morgan fingerprint density at radius 1 is 1.56 bits per heavy atom. The molecule has 5 nitrogen and oxygen atoms in total. The van der Waals surface area contributed by atoms with E-state index in [-0.39, 0.29) is 5.92 Å². The Bertz CT molecular complexity index is 479. The summed E-state index contributed by atoms with van der Waals surface area (Å²) < 4.78 is 2.00. The second-order valence-electron chi connectivity index (χ2n) is 5.00. The topological polar surface area (TPSA) is 78.9 Å². The average Bonchev–Trinajstić information content (AvgIpc) is 2.71. The highest BCUT2D eigenvalue weighted by Gasteiger charge is 2.26. The molecule has 0 atom stereocenters. The van der Waals surface area contributed by atoms with Crippen molar-refractivity contribution in [2.75, 3.05) is 0 Å². The van der Waals surface area contributed by atoms with Gasteiger partial charge in [-0.05, 0) is 38.5 Å². The molecule has 0 aliphatic heterocycles. The van der Waals surface area contributed by atoms with Crippen LogP contribution in [0.1, 0.15) is 37.1 Å². The Balaban J connectivity index is 1.94. The predicted octanol–water partition coefficient (Wildman–Crippen LogP) is 1.95. The SMILES string of the molecule is Cc1c(C#N)ncn1CC1CCC(C(=O)O)CC1. The number of rotatable bonds is 3. The maximum Gasteiger partial charge on any atom is 0.306 e. The Morgan fingerprint density at radius 2 is 2.22 bits per heavy atom. The van der Waals surface area contributed by atoms with Gasteiger partial charge >= 0.3 is 5.97 Å². The quantitative estimate of drug-likeness (QED) is 0.885. The Labute approximate surface area is 106 Å². The molecule has 5 heteroatoms. The van der Waals surface area contributed by atoms with Gasteiger partial charge in [0, 0.05) is 6.54 Å². The highest BCUT2D eigenvalue weighted by atomic mass is 16.4. The highest BCUT2D eigenvalue weighted by molar-refractivity contribution is 5.69. The van der Waals surface area contributed by atoms with Crippen LogP contribution in [0, 0.1) is 30.1 Å². The van der Waals surface area contributed by atoms with Gasteiger partial charge < -0.3 is 9.67 Å². The van der Waals surface area contributed by atoms with E-state index in [9.17, 15) is 4.79 Å². The van der Waals surface area contributed by atoms with Crippen LogP contribution in [-0.2, 0) is 11.3 Å². The van der Waals surface area contributed by atoms with Gasteiger partial charge in [0.15, 0.2) is 5.69 Å². The Hall–Kier alpha value is -1.83. The van der Waals surface area contributed by atoms with Crippen LogP contribution in [0.2, 0.25) is 0 Å². The van der Waals surface area contributed by atoms with E-state index in [0.717, 1.165) is 37.9 Å². The molecule has 2 rings (SSSR count). The summed E-state index contributed by atoms with van der Waals surface area (Å²) in [7, 11) is 0. The van der Waals surface area contributed by atoms with Crippen molar-refractivity contribution in [2.24, 2.45) is 11.8 Å². The third kappa shape index (κ3) is 2.53. The van der Waals surface area contributed by atoms with Crippen molar-refractivity contribution < 1.29 is 9.90 Å². The van der Waals surface area contributed by atoms with Crippen molar-refractivity contribution in [3.63, 3.8) is 0 Å². The first-order valence-electron chi connectivity index (χ1n) is 6.26. The molecule has 1 fully saturated rings. The van der Waals surface area contributed by atoms with Crippen LogP contribution in [-0.4, -0.2) is 20.6 Å². The average molecular weight is 247 g/mol. The maximum atomic E-state index is 10.9. The zero-order valence-corrected chi connectivity index (χ0v) is 10.5. The van der Waals surface area contributed by atoms with Crippen LogP contribution >= 0.6 is 0 Å². The van der Waals surface area contributed by atoms with Crippen molar-refractivity contribution in [3.05, 3.63) is 17.7 Å². The van der Waals surface area contributed by atoms with Crippen molar-refractivity contribution in [2.45, 2.75) is 39.2 Å². The summed E-state index contributed by atoms with van der Waals surface area (Å²) in [4.78, 5) is 14.9. The van der Waals surface area contributed by atoms with Crippen LogP contribution in [0.25, 0.3) is 0 Å². The van der Waals surface area contributed by atoms with E-state index in [1.807, 2.05) is 11.5 Å². The maximum absolute atomic E-state index is 10.9. The molecule has 0 saturated heterocycles. The van der Waals surface area contributed by atoms with Crippen LogP contribution in [0.4, 0.5) is 0 Å². The highest BCUT2D eigenvalue weighted by Crippen LogP contribution is 2.30. The third-order valence-electron chi connectivity index (χ3n) is 3.86. The largest absolute Gasteiger partial charge is 0.481 e. The molecule has 18 heavy (non-hydrogen) atoms. The Kier molecular flexibility index (Phi) is 3.66. The van der Waals surface area contributed by atoms with E-state index in [0.29, 0.717) is 11.6 Å². The zero-order chi connectivity index (χ0) is 13.1. The fourth-order valence-electron chi connectivity index (χ4n) is 2.61. The van der Waals surface area contributed by atoms with Gasteiger partial charge in [0.25, 0.3) is 0 Å². The number of hydrogen-bond donors (Lipinski definition) is 1. The summed E-state index contributed by atoms with van der Waals surface area (Å²) in [6, 6.07) is 2.07. The fraction of sp³-hybridized carbons (Fsp3) is 0.615. The summed E-state index contributed by atoms with van der Waals surface area (Å²) in [6.45, 7) is 2.74. The number of imidazole rings is 1. The molecule has 0 radical (unpaired) electrons. The van der Waals surface area contributed by atoms with E-state index in [2.05, 4.69) is 11.1 Å². The molecule has 1 aromatic heterocycles. The van der Waals surface area contributed by atoms with Gasteiger partial charge in [0.2, 0.25) is 0 Å². The minimum Gasteiger partial charge on any atom is -0.481 e. The van der Waals surface area contributed by atoms with E-state index in [4.69, 9.17) is 10.4 Å². The third-order valence-corrected chi connectivity index (χ3v) is 3.86. The van der Waals surface area contributed by atoms with Gasteiger partial charge in [0.1, 0.15) is 6.07 Å². The van der Waals surface area contributed by atoms with E-state index in [1.165, 1.54) is 0 Å². The van der Waals surface area contributed by atoms with Gasteiger partial charge in [-0.25, -0.2) is 4.98 Å². The molecular formula is C13H17N3O2. The molecule has 1 aliphatic rings. The first kappa shape index (κ1) is 12.6. The molecule has 96 valence electrons. The first-order valence-corrected chi connectivity index (χ1v) is 6.26. The van der Waals surface area contributed by atoms with Gasteiger partial charge in [0.05, 0.1) is 17.9 Å². The molecule has 0 amide bonds. The van der Waals surface area contributed by atoms with Crippen LogP contribution in [0.3, 0.4) is 0 Å². The summed E-state index contributed by atoms with van der Waals surface area (Å²) in [5.41, 5.74) is 1.38. The van der Waals surface area contributed by atoms with Crippen molar-refractivity contribution in [1.29, 1.82) is 5.26 Å². The summed E-state index contributed by atoms with van der Waals surface area (Å²) in [5, 5.41) is 17.8. The number of nitrogens with zero attached hydrogens (tertiary/aromatic N) is 3. The van der Waals surface area contributed by atoms with E-state index < -0.39 is 5.97 Å². The monoisotopic (exact) mass is 247 g/mol. The number of carbonyl (C=O) groups is 1. The van der Waals surface area contributed by atoms with Gasteiger partial charge in [-0.1, -0.05) is 0 Å². The second kappa shape index (κ2) is 5.21. The fourth-order valence-corrected chi connectivity index (χ4v) is 2.61. The minimum atomic E-state index is -0.668. The normalized spacial score (nSPS) is 23.6. The molecule has 0 bridgehead atoms. The molecule has 1 aromatic rings. The van der Waals surface area contributed by atoms with Crippen LogP contribution in [0.5, 0.6) is 0 Å². The smallest absolute Gasteiger partial charge is 0.306 e. The van der Waals surface area contributed by atoms with Gasteiger partial charge in [-0.3, -0.25) is 4.79 Å². The zero-order valence-electron chi connectivity index (χ0n) is 10.5. The van der Waals surface area contributed by atoms with E-state index >= 15 is 0 Å². The molecule has 1 heterocycles. The number of carboxylic acid groups (broad SMARTS) is 1. The van der Waals surface area contributed by atoms with Crippen LogP contribution < -0.4 is 0 Å². The molecule has 1 aliphatic carbocycles. The standard InChI is InChI=1S/C13H17N3O2/c1-9-12(6-14)15-8-16(9)7-10-2-4-11(5-3-10)13(17)18/h8,10-11H,2-5,7H2,1H3,(H,17,18). The number of hydrogen-bond acceptors (Lipinski definition) is 3. The molecule has 1 saturated carbocycles. The number of nitriles is 1. The van der Waals surface area contributed by atoms with Crippen molar-refractivity contribution in [1.82, 2.24) is 9.55 Å².